The summed E-state index contributed by atoms with van der Waals surface area (Å²) in [7, 11) is 1.57. The van der Waals surface area contributed by atoms with Crippen molar-refractivity contribution in [3.63, 3.8) is 0 Å². The van der Waals surface area contributed by atoms with Crippen LogP contribution in [-0.4, -0.2) is 13.2 Å². The Bertz CT molecular complexity index is 365. The van der Waals surface area contributed by atoms with Gasteiger partial charge in [0, 0.05) is 5.56 Å². The summed E-state index contributed by atoms with van der Waals surface area (Å²) in [6, 6.07) is 5.16. The molecule has 0 fully saturated rings. The van der Waals surface area contributed by atoms with E-state index in [1.807, 2.05) is 0 Å². The van der Waals surface area contributed by atoms with Crippen LogP contribution < -0.4 is 4.74 Å². The predicted molar refractivity (Wildman–Crippen MR) is 50.9 cm³/mol. The summed E-state index contributed by atoms with van der Waals surface area (Å²) in [6.45, 7) is 3.60. The zero-order valence-electron chi connectivity index (χ0n) is 7.28. The van der Waals surface area contributed by atoms with Crippen molar-refractivity contribution in [3.05, 3.63) is 30.3 Å². The molecule has 0 radical (unpaired) electrons. The maximum Gasteiger partial charge on any atom is 0.240 e. The molecule has 0 aromatic heterocycles. The molecule has 0 heterocycles. The summed E-state index contributed by atoms with van der Waals surface area (Å²) in [4.78, 5) is 13.6. The molecule has 0 aliphatic carbocycles. The average Bonchev–Trinajstić information content (AvgIpc) is 2.19. The van der Waals surface area contributed by atoms with Crippen LogP contribution in [0.3, 0.4) is 0 Å². The van der Waals surface area contributed by atoms with Gasteiger partial charge in [0.1, 0.15) is 5.75 Å². The fraction of sp³-hybridized carbons (Fsp3) is 0.100. The summed E-state index contributed by atoms with van der Waals surface area (Å²) in [5.74, 6) is 0.708. The molecule has 1 rings (SSSR count). The molecule has 0 aliphatic rings. The number of isocyanates is 1. The molecule has 0 N–H and O–H groups in total. The van der Waals surface area contributed by atoms with Crippen LogP contribution in [0.25, 0.3) is 6.08 Å². The van der Waals surface area contributed by atoms with Crippen LogP contribution in [0.4, 0.5) is 5.69 Å². The van der Waals surface area contributed by atoms with Crippen LogP contribution >= 0.6 is 0 Å². The first kappa shape index (κ1) is 9.23. The highest BCUT2D eigenvalue weighted by Crippen LogP contribution is 2.24. The number of ether oxygens (including phenoxy) is 1. The van der Waals surface area contributed by atoms with E-state index in [-0.39, 0.29) is 0 Å². The minimum atomic E-state index is 0.547. The van der Waals surface area contributed by atoms with Gasteiger partial charge in [-0.3, -0.25) is 0 Å². The summed E-state index contributed by atoms with van der Waals surface area (Å²) in [5.41, 5.74) is 1.30. The number of rotatable bonds is 3. The van der Waals surface area contributed by atoms with Gasteiger partial charge in [-0.05, 0) is 18.2 Å². The van der Waals surface area contributed by atoms with Crippen LogP contribution in [0.15, 0.2) is 29.8 Å². The van der Waals surface area contributed by atoms with E-state index < -0.39 is 0 Å². The van der Waals surface area contributed by atoms with Crippen LogP contribution in [0.1, 0.15) is 5.56 Å². The molecule has 1 aromatic rings. The first-order chi connectivity index (χ1) is 6.31. The van der Waals surface area contributed by atoms with Gasteiger partial charge in [0.2, 0.25) is 6.08 Å². The molecule has 66 valence electrons. The Kier molecular flexibility index (Phi) is 3.01. The fourth-order valence-corrected chi connectivity index (χ4v) is 0.974. The minimum absolute atomic E-state index is 0.547. The highest BCUT2D eigenvalue weighted by atomic mass is 16.5. The SMILES string of the molecule is C=Cc1cc(OC)ccc1N=C=O. The monoisotopic (exact) mass is 175 g/mol. The van der Waals surface area contributed by atoms with Crippen LogP contribution in [0.5, 0.6) is 5.75 Å². The first-order valence-electron chi connectivity index (χ1n) is 3.70. The normalized spacial score (nSPS) is 8.69. The van der Waals surface area contributed by atoms with E-state index >= 15 is 0 Å². The van der Waals surface area contributed by atoms with Crippen LogP contribution in [-0.2, 0) is 4.79 Å². The molecule has 0 atom stereocenters. The third kappa shape index (κ3) is 2.04. The van der Waals surface area contributed by atoms with Crippen molar-refractivity contribution in [2.24, 2.45) is 4.99 Å². The number of hydrogen-bond donors (Lipinski definition) is 0. The number of carbonyl (C=O) groups excluding carboxylic acids is 1. The second-order valence-electron chi connectivity index (χ2n) is 2.33. The number of hydrogen-bond acceptors (Lipinski definition) is 3. The van der Waals surface area contributed by atoms with Gasteiger partial charge in [0.15, 0.2) is 0 Å². The van der Waals surface area contributed by atoms with Crippen LogP contribution in [0.2, 0.25) is 0 Å². The van der Waals surface area contributed by atoms with Gasteiger partial charge in [-0.15, -0.1) is 0 Å². The van der Waals surface area contributed by atoms with Gasteiger partial charge in [-0.25, -0.2) is 4.79 Å². The van der Waals surface area contributed by atoms with E-state index in [4.69, 9.17) is 4.74 Å². The zero-order valence-corrected chi connectivity index (χ0v) is 7.28. The molecule has 0 amide bonds. The number of benzene rings is 1. The first-order valence-corrected chi connectivity index (χ1v) is 3.70. The van der Waals surface area contributed by atoms with Crippen molar-refractivity contribution in [3.8, 4) is 5.75 Å². The van der Waals surface area contributed by atoms with Crippen molar-refractivity contribution in [1.82, 2.24) is 0 Å². The lowest BCUT2D eigenvalue weighted by molar-refractivity contribution is 0.415. The summed E-state index contributed by atoms with van der Waals surface area (Å²) >= 11 is 0. The maximum atomic E-state index is 10.0. The lowest BCUT2D eigenvalue weighted by Crippen LogP contribution is -1.83. The summed E-state index contributed by atoms with van der Waals surface area (Å²) in [5, 5.41) is 0. The van der Waals surface area contributed by atoms with E-state index in [9.17, 15) is 4.79 Å². The van der Waals surface area contributed by atoms with Crippen molar-refractivity contribution in [2.75, 3.05) is 7.11 Å². The Labute approximate surface area is 76.4 Å². The molecule has 3 heteroatoms. The second kappa shape index (κ2) is 4.24. The number of aliphatic imine (C=N–C) groups is 1. The van der Waals surface area contributed by atoms with Gasteiger partial charge in [-0.1, -0.05) is 12.7 Å². The highest BCUT2D eigenvalue weighted by molar-refractivity contribution is 5.67. The Morgan fingerprint density at radius 2 is 2.38 bits per heavy atom. The summed E-state index contributed by atoms with van der Waals surface area (Å²) in [6.07, 6.45) is 3.09. The lowest BCUT2D eigenvalue weighted by Gasteiger charge is -2.02. The van der Waals surface area contributed by atoms with E-state index in [1.165, 1.54) is 6.08 Å². The molecule has 0 bridgehead atoms. The van der Waals surface area contributed by atoms with Crippen molar-refractivity contribution in [1.29, 1.82) is 0 Å². The third-order valence-corrected chi connectivity index (χ3v) is 1.62. The lowest BCUT2D eigenvalue weighted by atomic mass is 10.1. The molecule has 0 saturated carbocycles. The minimum Gasteiger partial charge on any atom is -0.497 e. The Morgan fingerprint density at radius 3 is 2.92 bits per heavy atom. The molecule has 0 aliphatic heterocycles. The Morgan fingerprint density at radius 1 is 1.62 bits per heavy atom. The van der Waals surface area contributed by atoms with E-state index in [0.717, 1.165) is 5.56 Å². The highest BCUT2D eigenvalue weighted by Gasteiger charge is 1.99. The second-order valence-corrected chi connectivity index (χ2v) is 2.33. The van der Waals surface area contributed by atoms with Gasteiger partial charge in [-0.2, -0.15) is 4.99 Å². The van der Waals surface area contributed by atoms with Gasteiger partial charge in [0.25, 0.3) is 0 Å². The predicted octanol–water partition coefficient (Wildman–Crippen LogP) is 2.31. The van der Waals surface area contributed by atoms with Crippen LogP contribution in [0, 0.1) is 0 Å². The molecule has 0 spiro atoms. The average molecular weight is 175 g/mol. The molecule has 0 saturated heterocycles. The van der Waals surface area contributed by atoms with Gasteiger partial charge >= 0.3 is 0 Å². The molecular formula is C10H9NO2. The quantitative estimate of drug-likeness (QED) is 0.522. The molecule has 3 nitrogen and oxygen atoms in total. The number of methoxy groups -OCH3 is 1. The van der Waals surface area contributed by atoms with E-state index in [1.54, 1.807) is 31.4 Å². The fourth-order valence-electron chi connectivity index (χ4n) is 0.974. The molecular weight excluding hydrogens is 166 g/mol. The standard InChI is InChI=1S/C10H9NO2/c1-3-8-6-9(13-2)4-5-10(8)11-7-12/h3-6H,1H2,2H3. The van der Waals surface area contributed by atoms with E-state index in [2.05, 4.69) is 11.6 Å². The van der Waals surface area contributed by atoms with Crippen molar-refractivity contribution >= 4 is 17.8 Å². The third-order valence-electron chi connectivity index (χ3n) is 1.62. The van der Waals surface area contributed by atoms with Crippen molar-refractivity contribution < 1.29 is 9.53 Å². The topological polar surface area (TPSA) is 38.7 Å². The zero-order chi connectivity index (χ0) is 9.68. The molecule has 0 unspecified atom stereocenters. The Balaban J connectivity index is 3.22. The van der Waals surface area contributed by atoms with Gasteiger partial charge in [0.05, 0.1) is 12.8 Å². The molecule has 1 aromatic carbocycles. The smallest absolute Gasteiger partial charge is 0.240 e. The van der Waals surface area contributed by atoms with Crippen molar-refractivity contribution in [2.45, 2.75) is 0 Å². The maximum absolute atomic E-state index is 10.0. The Hall–Kier alpha value is -1.86. The van der Waals surface area contributed by atoms with E-state index in [0.29, 0.717) is 11.4 Å². The number of nitrogens with zero attached hydrogens (tertiary/aromatic N) is 1. The van der Waals surface area contributed by atoms with Gasteiger partial charge < -0.3 is 4.74 Å². The largest absolute Gasteiger partial charge is 0.497 e. The summed E-state index contributed by atoms with van der Waals surface area (Å²) < 4.78 is 5.00. The molecule has 13 heavy (non-hydrogen) atoms.